The van der Waals surface area contributed by atoms with Crippen LogP contribution in [0.3, 0.4) is 0 Å². The zero-order valence-corrected chi connectivity index (χ0v) is 16.1. The molecule has 0 bridgehead atoms. The normalized spacial score (nSPS) is 11.5. The van der Waals surface area contributed by atoms with Gasteiger partial charge in [-0.25, -0.2) is 0 Å². The van der Waals surface area contributed by atoms with E-state index in [1.807, 2.05) is 38.1 Å². The van der Waals surface area contributed by atoms with Gasteiger partial charge in [-0.3, -0.25) is 9.78 Å². The van der Waals surface area contributed by atoms with Crippen LogP contribution in [-0.2, 0) is 17.8 Å². The van der Waals surface area contributed by atoms with Crippen LogP contribution >= 0.6 is 0 Å². The summed E-state index contributed by atoms with van der Waals surface area (Å²) in [4.78, 5) is 17.0. The molecule has 0 aliphatic rings. The highest BCUT2D eigenvalue weighted by Crippen LogP contribution is 2.23. The number of fused-ring (bicyclic) bond motifs is 1. The lowest BCUT2D eigenvalue weighted by Crippen LogP contribution is -2.25. The van der Waals surface area contributed by atoms with E-state index in [9.17, 15) is 18.0 Å². The van der Waals surface area contributed by atoms with Gasteiger partial charge in [0.25, 0.3) is 0 Å². The van der Waals surface area contributed by atoms with Crippen molar-refractivity contribution in [2.45, 2.75) is 33.0 Å². The fraction of sp³-hybridized carbons (Fsp3) is 0.273. The second kappa shape index (κ2) is 8.51. The molecule has 29 heavy (non-hydrogen) atoms. The van der Waals surface area contributed by atoms with Gasteiger partial charge in [-0.15, -0.1) is 0 Å². The van der Waals surface area contributed by atoms with Crippen LogP contribution in [0.4, 0.5) is 13.2 Å². The molecule has 0 spiro atoms. The molecule has 0 aliphatic heterocycles. The van der Waals surface area contributed by atoms with Crippen LogP contribution in [0.15, 0.2) is 48.5 Å². The van der Waals surface area contributed by atoms with Gasteiger partial charge in [-0.05, 0) is 48.7 Å². The van der Waals surface area contributed by atoms with Crippen LogP contribution in [-0.4, -0.2) is 23.7 Å². The number of carbonyl (C=O) groups is 1. The number of aromatic nitrogens is 1. The molecule has 1 heterocycles. The Morgan fingerprint density at radius 3 is 2.45 bits per heavy atom. The fourth-order valence-electron chi connectivity index (χ4n) is 3.12. The third kappa shape index (κ3) is 5.47. The standard InChI is InChI=1S/C22H21F3N2O2/c1-14-18-5-3-4-6-20(18)27-15(2)19(14)11-21(28)26-12-16-7-9-17(10-8-16)29-13-22(23,24)25/h3-10H,11-13H2,1-2H3,(H,26,28). The summed E-state index contributed by atoms with van der Waals surface area (Å²) in [5.74, 6) is -0.0171. The van der Waals surface area contributed by atoms with Gasteiger partial charge in [0.1, 0.15) is 5.75 Å². The zero-order chi connectivity index (χ0) is 21.0. The van der Waals surface area contributed by atoms with E-state index in [1.165, 1.54) is 12.1 Å². The van der Waals surface area contributed by atoms with E-state index < -0.39 is 12.8 Å². The number of hydrogen-bond donors (Lipinski definition) is 1. The predicted molar refractivity (Wildman–Crippen MR) is 105 cm³/mol. The molecule has 2 aromatic carbocycles. The molecule has 0 fully saturated rings. The number of benzene rings is 2. The molecule has 7 heteroatoms. The first-order valence-corrected chi connectivity index (χ1v) is 9.13. The van der Waals surface area contributed by atoms with Gasteiger partial charge in [0.05, 0.1) is 11.9 Å². The molecule has 1 amide bonds. The number of halogens is 3. The number of pyridine rings is 1. The molecule has 0 aliphatic carbocycles. The van der Waals surface area contributed by atoms with E-state index in [0.29, 0.717) is 0 Å². The number of nitrogens with one attached hydrogen (secondary N) is 1. The van der Waals surface area contributed by atoms with Crippen molar-refractivity contribution in [2.24, 2.45) is 0 Å². The maximum Gasteiger partial charge on any atom is 0.422 e. The number of carbonyl (C=O) groups excluding carboxylic acids is 1. The molecule has 3 aromatic rings. The first-order chi connectivity index (χ1) is 13.7. The van der Waals surface area contributed by atoms with E-state index in [4.69, 9.17) is 0 Å². The van der Waals surface area contributed by atoms with Crippen molar-refractivity contribution >= 4 is 16.8 Å². The minimum Gasteiger partial charge on any atom is -0.484 e. The van der Waals surface area contributed by atoms with Crippen LogP contribution in [0, 0.1) is 13.8 Å². The average molecular weight is 402 g/mol. The predicted octanol–water partition coefficient (Wildman–Crippen LogP) is 4.65. The van der Waals surface area contributed by atoms with Crippen molar-refractivity contribution in [3.63, 3.8) is 0 Å². The van der Waals surface area contributed by atoms with Gasteiger partial charge >= 0.3 is 6.18 Å². The molecule has 1 aromatic heterocycles. The summed E-state index contributed by atoms with van der Waals surface area (Å²) in [6.07, 6.45) is -4.16. The summed E-state index contributed by atoms with van der Waals surface area (Å²) in [5, 5.41) is 3.86. The molecule has 0 unspecified atom stereocenters. The third-order valence-corrected chi connectivity index (χ3v) is 4.64. The third-order valence-electron chi connectivity index (χ3n) is 4.64. The Labute approximate surface area is 166 Å². The SMILES string of the molecule is Cc1nc2ccccc2c(C)c1CC(=O)NCc1ccc(OCC(F)(F)F)cc1. The maximum absolute atomic E-state index is 12.4. The smallest absolute Gasteiger partial charge is 0.422 e. The maximum atomic E-state index is 12.4. The number of para-hydroxylation sites is 1. The summed E-state index contributed by atoms with van der Waals surface area (Å²) in [6, 6.07) is 14.0. The number of hydrogen-bond acceptors (Lipinski definition) is 3. The number of rotatable bonds is 6. The van der Waals surface area contributed by atoms with Gasteiger partial charge in [0.15, 0.2) is 6.61 Å². The average Bonchev–Trinajstić information content (AvgIpc) is 2.68. The lowest BCUT2D eigenvalue weighted by Gasteiger charge is -2.13. The van der Waals surface area contributed by atoms with Crippen LogP contribution < -0.4 is 10.1 Å². The Morgan fingerprint density at radius 2 is 1.76 bits per heavy atom. The number of nitrogens with zero attached hydrogens (tertiary/aromatic N) is 1. The van der Waals surface area contributed by atoms with Crippen molar-refractivity contribution in [3.05, 3.63) is 70.9 Å². The van der Waals surface area contributed by atoms with E-state index in [0.717, 1.165) is 33.3 Å². The minimum absolute atomic E-state index is 0.130. The topological polar surface area (TPSA) is 51.2 Å². The van der Waals surface area contributed by atoms with Crippen molar-refractivity contribution in [2.75, 3.05) is 6.61 Å². The highest BCUT2D eigenvalue weighted by molar-refractivity contribution is 5.86. The number of amides is 1. The molecule has 152 valence electrons. The summed E-state index contributed by atoms with van der Waals surface area (Å²) >= 11 is 0. The lowest BCUT2D eigenvalue weighted by atomic mass is 9.99. The zero-order valence-electron chi connectivity index (χ0n) is 16.1. The highest BCUT2D eigenvalue weighted by Gasteiger charge is 2.28. The summed E-state index contributed by atoms with van der Waals surface area (Å²) in [5.41, 5.74) is 4.43. The van der Waals surface area contributed by atoms with Gasteiger partial charge in [-0.1, -0.05) is 30.3 Å². The molecule has 0 atom stereocenters. The number of aryl methyl sites for hydroxylation is 2. The molecule has 0 saturated heterocycles. The molecule has 3 rings (SSSR count). The summed E-state index contributed by atoms with van der Waals surface area (Å²) < 4.78 is 41.2. The quantitative estimate of drug-likeness (QED) is 0.653. The van der Waals surface area contributed by atoms with E-state index in [1.54, 1.807) is 12.1 Å². The molecule has 4 nitrogen and oxygen atoms in total. The molecular formula is C22H21F3N2O2. The van der Waals surface area contributed by atoms with Crippen molar-refractivity contribution in [3.8, 4) is 5.75 Å². The van der Waals surface area contributed by atoms with E-state index in [2.05, 4.69) is 15.0 Å². The summed E-state index contributed by atoms with van der Waals surface area (Å²) in [7, 11) is 0. The van der Waals surface area contributed by atoms with Crippen LogP contribution in [0.1, 0.15) is 22.4 Å². The Hall–Kier alpha value is -3.09. The fourth-order valence-corrected chi connectivity index (χ4v) is 3.12. The Bertz CT molecular complexity index is 1010. The monoisotopic (exact) mass is 402 g/mol. The largest absolute Gasteiger partial charge is 0.484 e. The van der Waals surface area contributed by atoms with Gasteiger partial charge in [0, 0.05) is 17.6 Å². The number of ether oxygens (including phenoxy) is 1. The van der Waals surface area contributed by atoms with E-state index >= 15 is 0 Å². The van der Waals surface area contributed by atoms with Crippen molar-refractivity contribution in [1.82, 2.24) is 10.3 Å². The lowest BCUT2D eigenvalue weighted by molar-refractivity contribution is -0.153. The van der Waals surface area contributed by atoms with Gasteiger partial charge < -0.3 is 10.1 Å². The Balaban J connectivity index is 1.60. The first kappa shape index (κ1) is 20.6. The van der Waals surface area contributed by atoms with E-state index in [-0.39, 0.29) is 24.6 Å². The molecule has 1 N–H and O–H groups in total. The molecule has 0 radical (unpaired) electrons. The molecule has 0 saturated carbocycles. The van der Waals surface area contributed by atoms with Gasteiger partial charge in [0.2, 0.25) is 5.91 Å². The minimum atomic E-state index is -4.37. The number of alkyl halides is 3. The second-order valence-electron chi connectivity index (χ2n) is 6.82. The Morgan fingerprint density at radius 1 is 1.07 bits per heavy atom. The Kier molecular flexibility index (Phi) is 6.06. The molecular weight excluding hydrogens is 381 g/mol. The summed E-state index contributed by atoms with van der Waals surface area (Å²) in [6.45, 7) is 2.82. The van der Waals surface area contributed by atoms with Crippen molar-refractivity contribution in [1.29, 1.82) is 0 Å². The van der Waals surface area contributed by atoms with Crippen LogP contribution in [0.5, 0.6) is 5.75 Å². The first-order valence-electron chi connectivity index (χ1n) is 9.13. The van der Waals surface area contributed by atoms with Crippen molar-refractivity contribution < 1.29 is 22.7 Å². The van der Waals surface area contributed by atoms with Gasteiger partial charge in [-0.2, -0.15) is 13.2 Å². The van der Waals surface area contributed by atoms with Crippen LogP contribution in [0.25, 0.3) is 10.9 Å². The van der Waals surface area contributed by atoms with Crippen LogP contribution in [0.2, 0.25) is 0 Å². The highest BCUT2D eigenvalue weighted by atomic mass is 19.4. The second-order valence-corrected chi connectivity index (χ2v) is 6.82.